The first-order valence-corrected chi connectivity index (χ1v) is 9.00. The summed E-state index contributed by atoms with van der Waals surface area (Å²) < 4.78 is 13.9. The fourth-order valence-corrected chi connectivity index (χ4v) is 2.82. The second-order valence-corrected chi connectivity index (χ2v) is 7.67. The summed E-state index contributed by atoms with van der Waals surface area (Å²) in [4.78, 5) is 21.3. The van der Waals surface area contributed by atoms with Crippen LogP contribution >= 0.6 is 11.6 Å². The quantitative estimate of drug-likeness (QED) is 0.622. The average Bonchev–Trinajstić information content (AvgIpc) is 2.62. The van der Waals surface area contributed by atoms with Gasteiger partial charge < -0.3 is 5.11 Å². The average molecular weight is 387 g/mol. The van der Waals surface area contributed by atoms with Gasteiger partial charge in [-0.1, -0.05) is 24.6 Å². The maximum atomic E-state index is 13.9. The Kier molecular flexibility index (Phi) is 5.27. The summed E-state index contributed by atoms with van der Waals surface area (Å²) in [6, 6.07) is 7.91. The van der Waals surface area contributed by atoms with Crippen molar-refractivity contribution in [2.45, 2.75) is 32.8 Å². The van der Waals surface area contributed by atoms with E-state index in [2.05, 4.69) is 9.97 Å². The van der Waals surface area contributed by atoms with Gasteiger partial charge in [-0.3, -0.25) is 9.78 Å². The number of Topliss-reactive ketones (excluding diaryl/α,β-unsaturated/α-hetero) is 1. The standard InChI is InChI=1S/C21H20ClFN2O2/c1-12(21(2,3)27)8-19(26)18-7-5-14-10-24-11-15(20(14)25-18)13-4-6-16(22)17(23)9-13/h4-7,9-12,27H,8H2,1-3H3. The van der Waals surface area contributed by atoms with Gasteiger partial charge >= 0.3 is 0 Å². The second-order valence-electron chi connectivity index (χ2n) is 7.27. The topological polar surface area (TPSA) is 63.1 Å². The van der Waals surface area contributed by atoms with Gasteiger partial charge in [-0.25, -0.2) is 9.37 Å². The first kappa shape index (κ1) is 19.4. The summed E-state index contributed by atoms with van der Waals surface area (Å²) >= 11 is 5.77. The number of rotatable bonds is 5. The molecule has 0 fully saturated rings. The smallest absolute Gasteiger partial charge is 0.181 e. The minimum atomic E-state index is -0.956. The zero-order chi connectivity index (χ0) is 19.8. The molecule has 2 heterocycles. The van der Waals surface area contributed by atoms with E-state index in [1.165, 1.54) is 12.1 Å². The molecule has 0 aliphatic carbocycles. The molecule has 0 aliphatic heterocycles. The maximum Gasteiger partial charge on any atom is 0.181 e. The number of hydrogen-bond donors (Lipinski definition) is 1. The van der Waals surface area contributed by atoms with E-state index in [1.807, 2.05) is 6.92 Å². The van der Waals surface area contributed by atoms with Crippen LogP contribution in [0.1, 0.15) is 37.7 Å². The van der Waals surface area contributed by atoms with E-state index in [1.54, 1.807) is 44.4 Å². The third-order valence-corrected chi connectivity index (χ3v) is 5.12. The highest BCUT2D eigenvalue weighted by Gasteiger charge is 2.25. The Balaban J connectivity index is 2.04. The molecular formula is C21H20ClFN2O2. The van der Waals surface area contributed by atoms with E-state index in [0.29, 0.717) is 22.3 Å². The van der Waals surface area contributed by atoms with Gasteiger partial charge in [0, 0.05) is 29.8 Å². The number of nitrogens with zero attached hydrogens (tertiary/aromatic N) is 2. The first-order chi connectivity index (χ1) is 12.7. The number of fused-ring (bicyclic) bond motifs is 1. The minimum Gasteiger partial charge on any atom is -0.390 e. The fraction of sp³-hybridized carbons (Fsp3) is 0.286. The lowest BCUT2D eigenvalue weighted by atomic mass is 9.88. The molecule has 0 aliphatic rings. The minimum absolute atomic E-state index is 0.0383. The molecule has 1 aromatic carbocycles. The number of carbonyl (C=O) groups is 1. The Labute approximate surface area is 162 Å². The van der Waals surface area contributed by atoms with Crippen LogP contribution in [-0.4, -0.2) is 26.5 Å². The molecule has 1 unspecified atom stereocenters. The van der Waals surface area contributed by atoms with Gasteiger partial charge in [-0.05, 0) is 49.6 Å². The normalized spacial score (nSPS) is 13.0. The predicted octanol–water partition coefficient (Wildman–Crippen LogP) is 5.07. The van der Waals surface area contributed by atoms with Gasteiger partial charge in [0.15, 0.2) is 5.78 Å². The summed E-state index contributed by atoms with van der Waals surface area (Å²) in [7, 11) is 0. The molecule has 6 heteroatoms. The van der Waals surface area contributed by atoms with Crippen molar-refractivity contribution in [3.8, 4) is 11.1 Å². The van der Waals surface area contributed by atoms with Gasteiger partial charge in [0.1, 0.15) is 11.5 Å². The van der Waals surface area contributed by atoms with E-state index >= 15 is 0 Å². The van der Waals surface area contributed by atoms with Crippen molar-refractivity contribution in [3.05, 3.63) is 59.3 Å². The van der Waals surface area contributed by atoms with Crippen LogP contribution in [0.25, 0.3) is 22.0 Å². The molecule has 0 saturated carbocycles. The molecule has 2 aromatic heterocycles. The van der Waals surface area contributed by atoms with Crippen LogP contribution in [0.5, 0.6) is 0 Å². The summed E-state index contributed by atoms with van der Waals surface area (Å²) in [5.41, 5.74) is 1.11. The molecule has 4 nitrogen and oxygen atoms in total. The Morgan fingerprint density at radius 3 is 2.67 bits per heavy atom. The molecule has 0 amide bonds. The van der Waals surface area contributed by atoms with Crippen LogP contribution in [0.2, 0.25) is 5.02 Å². The number of hydrogen-bond acceptors (Lipinski definition) is 4. The molecule has 0 saturated heterocycles. The van der Waals surface area contributed by atoms with Gasteiger partial charge in [-0.2, -0.15) is 0 Å². The molecule has 3 rings (SSSR count). The van der Waals surface area contributed by atoms with E-state index in [4.69, 9.17) is 11.6 Å². The lowest BCUT2D eigenvalue weighted by Crippen LogP contribution is -2.30. The highest BCUT2D eigenvalue weighted by molar-refractivity contribution is 6.30. The third-order valence-electron chi connectivity index (χ3n) is 4.81. The van der Waals surface area contributed by atoms with Crippen LogP contribution in [0.15, 0.2) is 42.7 Å². The molecule has 0 bridgehead atoms. The van der Waals surface area contributed by atoms with Crippen LogP contribution < -0.4 is 0 Å². The number of halogens is 2. The molecule has 27 heavy (non-hydrogen) atoms. The molecule has 0 radical (unpaired) electrons. The number of carbonyl (C=O) groups excluding carboxylic acids is 1. The van der Waals surface area contributed by atoms with Crippen LogP contribution in [-0.2, 0) is 0 Å². The van der Waals surface area contributed by atoms with E-state index in [0.717, 1.165) is 5.39 Å². The summed E-state index contributed by atoms with van der Waals surface area (Å²) in [6.45, 7) is 5.18. The summed E-state index contributed by atoms with van der Waals surface area (Å²) in [6.07, 6.45) is 3.41. The zero-order valence-electron chi connectivity index (χ0n) is 15.3. The molecular weight excluding hydrogens is 367 g/mol. The molecule has 0 spiro atoms. The van der Waals surface area contributed by atoms with Crippen molar-refractivity contribution in [2.75, 3.05) is 0 Å². The number of benzene rings is 1. The fourth-order valence-electron chi connectivity index (χ4n) is 2.71. The van der Waals surface area contributed by atoms with Crippen LogP contribution in [0.3, 0.4) is 0 Å². The van der Waals surface area contributed by atoms with Crippen molar-refractivity contribution in [1.29, 1.82) is 0 Å². The second kappa shape index (κ2) is 7.33. The summed E-state index contributed by atoms with van der Waals surface area (Å²) in [5, 5.41) is 10.9. The largest absolute Gasteiger partial charge is 0.390 e. The Hall–Kier alpha value is -2.37. The number of aliphatic hydroxyl groups is 1. The zero-order valence-corrected chi connectivity index (χ0v) is 16.1. The van der Waals surface area contributed by atoms with Gasteiger partial charge in [0.2, 0.25) is 0 Å². The van der Waals surface area contributed by atoms with E-state index in [9.17, 15) is 14.3 Å². The Morgan fingerprint density at radius 1 is 1.26 bits per heavy atom. The lowest BCUT2D eigenvalue weighted by Gasteiger charge is -2.25. The van der Waals surface area contributed by atoms with E-state index < -0.39 is 11.4 Å². The van der Waals surface area contributed by atoms with Crippen molar-refractivity contribution in [3.63, 3.8) is 0 Å². The molecule has 1 N–H and O–H groups in total. The Bertz CT molecular complexity index is 1010. The number of ketones is 1. The predicted molar refractivity (Wildman–Crippen MR) is 104 cm³/mol. The monoisotopic (exact) mass is 386 g/mol. The number of aromatic nitrogens is 2. The van der Waals surface area contributed by atoms with E-state index in [-0.39, 0.29) is 23.1 Å². The highest BCUT2D eigenvalue weighted by atomic mass is 35.5. The van der Waals surface area contributed by atoms with Gasteiger partial charge in [0.25, 0.3) is 0 Å². The molecule has 3 aromatic rings. The first-order valence-electron chi connectivity index (χ1n) is 8.62. The summed E-state index contributed by atoms with van der Waals surface area (Å²) in [5.74, 6) is -0.904. The van der Waals surface area contributed by atoms with Gasteiger partial charge in [0.05, 0.1) is 16.1 Å². The van der Waals surface area contributed by atoms with Crippen LogP contribution in [0, 0.1) is 11.7 Å². The van der Waals surface area contributed by atoms with Crippen LogP contribution in [0.4, 0.5) is 4.39 Å². The lowest BCUT2D eigenvalue weighted by molar-refractivity contribution is 0.0213. The third kappa shape index (κ3) is 4.15. The van der Waals surface area contributed by atoms with Crippen molar-refractivity contribution in [1.82, 2.24) is 9.97 Å². The van der Waals surface area contributed by atoms with Crippen molar-refractivity contribution in [2.24, 2.45) is 5.92 Å². The Morgan fingerprint density at radius 2 is 2.00 bits per heavy atom. The molecule has 1 atom stereocenters. The van der Waals surface area contributed by atoms with Gasteiger partial charge in [-0.15, -0.1) is 0 Å². The molecule has 140 valence electrons. The number of pyridine rings is 2. The highest BCUT2D eigenvalue weighted by Crippen LogP contribution is 2.29. The van der Waals surface area contributed by atoms with Crippen molar-refractivity contribution < 1.29 is 14.3 Å². The maximum absolute atomic E-state index is 13.9. The van der Waals surface area contributed by atoms with Crippen molar-refractivity contribution >= 4 is 28.3 Å². The SMILES string of the molecule is CC(CC(=O)c1ccc2cncc(-c3ccc(Cl)c(F)c3)c2n1)C(C)(C)O.